The summed E-state index contributed by atoms with van der Waals surface area (Å²) in [6, 6.07) is 7.14. The van der Waals surface area contributed by atoms with E-state index in [2.05, 4.69) is 12.2 Å². The third-order valence-corrected chi connectivity index (χ3v) is 10.1. The molecule has 0 unspecified atom stereocenters. The summed E-state index contributed by atoms with van der Waals surface area (Å²) in [6.45, 7) is 8.68. The molecular formula is C39H62N4O11. The van der Waals surface area contributed by atoms with Crippen LogP contribution in [0, 0.1) is 17.8 Å². The number of likely N-dealkylation sites (N-methyl/N-ethyl adjacent to an activating group) is 1. The first-order valence-corrected chi connectivity index (χ1v) is 18.8. The number of carboxylic acid groups (broad SMARTS) is 2. The van der Waals surface area contributed by atoms with Crippen molar-refractivity contribution in [3.05, 3.63) is 35.9 Å². The summed E-state index contributed by atoms with van der Waals surface area (Å²) < 4.78 is 17.2. The molecule has 1 aromatic rings. The number of carboxylic acids is 2. The van der Waals surface area contributed by atoms with E-state index in [0.29, 0.717) is 25.8 Å². The van der Waals surface area contributed by atoms with Crippen molar-refractivity contribution in [1.82, 2.24) is 20.0 Å². The number of nitrogens with zero attached hydrogens (tertiary/aromatic N) is 3. The normalized spacial score (nSPS) is 17.7. The van der Waals surface area contributed by atoms with E-state index in [9.17, 15) is 28.8 Å². The lowest BCUT2D eigenvalue weighted by atomic mass is 9.90. The lowest BCUT2D eigenvalue weighted by Crippen LogP contribution is -2.54. The van der Waals surface area contributed by atoms with Gasteiger partial charge in [-0.15, -0.1) is 0 Å². The average Bonchev–Trinajstić information content (AvgIpc) is 3.60. The number of benzene rings is 1. The Hall–Kier alpha value is -4.08. The summed E-state index contributed by atoms with van der Waals surface area (Å²) >= 11 is 0. The molecule has 3 N–H and O–H groups in total. The number of rotatable bonds is 24. The van der Waals surface area contributed by atoms with Crippen LogP contribution in [0.5, 0.6) is 0 Å². The van der Waals surface area contributed by atoms with Gasteiger partial charge in [-0.05, 0) is 30.2 Å². The van der Waals surface area contributed by atoms with E-state index in [1.54, 1.807) is 55.1 Å². The molecule has 15 heteroatoms. The highest BCUT2D eigenvalue weighted by atomic mass is 16.5. The van der Waals surface area contributed by atoms with E-state index in [1.165, 1.54) is 7.11 Å². The van der Waals surface area contributed by atoms with E-state index in [-0.39, 0.29) is 55.7 Å². The van der Waals surface area contributed by atoms with Crippen LogP contribution in [-0.2, 0) is 49.4 Å². The Morgan fingerprint density at radius 1 is 0.944 bits per heavy atom. The second kappa shape index (κ2) is 23.0. The van der Waals surface area contributed by atoms with E-state index in [1.807, 2.05) is 26.8 Å². The van der Waals surface area contributed by atoms with Crippen LogP contribution in [0.4, 0.5) is 0 Å². The molecule has 1 aromatic carbocycles. The van der Waals surface area contributed by atoms with Crippen molar-refractivity contribution in [2.45, 2.75) is 103 Å². The molecular weight excluding hydrogens is 700 g/mol. The Labute approximate surface area is 319 Å². The fraction of sp³-hybridized carbons (Fsp3) is 0.692. The molecule has 1 aliphatic heterocycles. The number of carbonyl (C=O) groups is 6. The largest absolute Gasteiger partial charge is 0.480 e. The van der Waals surface area contributed by atoms with Crippen LogP contribution in [0.3, 0.4) is 0 Å². The Morgan fingerprint density at radius 2 is 1.57 bits per heavy atom. The van der Waals surface area contributed by atoms with Gasteiger partial charge in [-0.2, -0.15) is 0 Å². The monoisotopic (exact) mass is 762 g/mol. The van der Waals surface area contributed by atoms with Gasteiger partial charge in [0.05, 0.1) is 49.7 Å². The second-order valence-corrected chi connectivity index (χ2v) is 14.7. The van der Waals surface area contributed by atoms with Crippen molar-refractivity contribution in [2.75, 3.05) is 54.1 Å². The summed E-state index contributed by atoms with van der Waals surface area (Å²) in [5, 5.41) is 21.0. The molecule has 0 saturated carbocycles. The van der Waals surface area contributed by atoms with Crippen molar-refractivity contribution >= 4 is 35.6 Å². The van der Waals surface area contributed by atoms with Gasteiger partial charge in [-0.25, -0.2) is 4.79 Å². The maximum absolute atomic E-state index is 14.0. The highest BCUT2D eigenvalue weighted by Crippen LogP contribution is 2.29. The zero-order valence-electron chi connectivity index (χ0n) is 33.2. The Balaban J connectivity index is 2.22. The molecule has 54 heavy (non-hydrogen) atoms. The smallest absolute Gasteiger partial charge is 0.329 e. The maximum atomic E-state index is 14.0. The zero-order valence-corrected chi connectivity index (χ0v) is 33.2. The average molecular weight is 763 g/mol. The van der Waals surface area contributed by atoms with Crippen molar-refractivity contribution in [3.8, 4) is 0 Å². The van der Waals surface area contributed by atoms with Crippen LogP contribution < -0.4 is 5.32 Å². The molecule has 304 valence electrons. The van der Waals surface area contributed by atoms with Crippen molar-refractivity contribution in [2.24, 2.45) is 17.8 Å². The van der Waals surface area contributed by atoms with Crippen LogP contribution in [0.1, 0.15) is 72.3 Å². The SMILES string of the molecule is CC[C@H](C)[C@@H]([C@@H](CC(=O)N1CCC[C@H]1[C@H](OC)[C@@H](C)C(=O)N[C@@H](Cc1ccccc1)C(=O)OCCN(CC(=O)O)CC(=O)O)OC)N(C)C(=O)CC(C)C. The number of nitrogens with one attached hydrogen (secondary N) is 1. The van der Waals surface area contributed by atoms with Crippen LogP contribution >= 0.6 is 0 Å². The Kier molecular flexibility index (Phi) is 19.6. The van der Waals surface area contributed by atoms with Crippen LogP contribution in [0.15, 0.2) is 30.3 Å². The van der Waals surface area contributed by atoms with E-state index < -0.39 is 67.1 Å². The summed E-state index contributed by atoms with van der Waals surface area (Å²) in [7, 11) is 4.81. The number of aliphatic carboxylic acids is 2. The molecule has 0 aliphatic carbocycles. The lowest BCUT2D eigenvalue weighted by molar-refractivity contribution is -0.150. The minimum atomic E-state index is -1.23. The summed E-state index contributed by atoms with van der Waals surface area (Å²) in [4.78, 5) is 81.3. The third-order valence-electron chi connectivity index (χ3n) is 10.1. The molecule has 0 bridgehead atoms. The van der Waals surface area contributed by atoms with Gasteiger partial charge < -0.3 is 39.5 Å². The van der Waals surface area contributed by atoms with Gasteiger partial charge in [0, 0.05) is 47.2 Å². The standard InChI is InChI=1S/C39H62N4O11/c1-9-26(4)36(41(6)32(44)20-25(2)3)31(52-7)22-33(45)43-17-13-16-30(43)37(53-8)27(5)38(50)40-29(21-28-14-11-10-12-15-28)39(51)54-19-18-42(23-34(46)47)24-35(48)49/h10-12,14-15,25-27,29-31,36-37H,9,13,16-24H2,1-8H3,(H,40,50)(H,46,47)(H,48,49)/t26-,27+,29-,30-,31+,36-,37+/m0/s1. The Morgan fingerprint density at radius 3 is 2.11 bits per heavy atom. The first kappa shape index (κ1) is 46.1. The van der Waals surface area contributed by atoms with E-state index in [0.717, 1.165) is 16.9 Å². The number of hydrogen-bond acceptors (Lipinski definition) is 10. The van der Waals surface area contributed by atoms with Gasteiger partial charge >= 0.3 is 17.9 Å². The zero-order chi connectivity index (χ0) is 40.5. The van der Waals surface area contributed by atoms with Gasteiger partial charge in [0.15, 0.2) is 0 Å². The van der Waals surface area contributed by atoms with Gasteiger partial charge in [-0.1, -0.05) is 71.4 Å². The lowest BCUT2D eigenvalue weighted by Gasteiger charge is -2.39. The highest BCUT2D eigenvalue weighted by molar-refractivity contribution is 5.86. The van der Waals surface area contributed by atoms with Gasteiger partial charge in [0.25, 0.3) is 0 Å². The quantitative estimate of drug-likeness (QED) is 0.131. The maximum Gasteiger partial charge on any atom is 0.329 e. The number of amides is 3. The topological polar surface area (TPSA) is 192 Å². The van der Waals surface area contributed by atoms with Crippen LogP contribution in [0.2, 0.25) is 0 Å². The molecule has 0 radical (unpaired) electrons. The first-order valence-electron chi connectivity index (χ1n) is 18.8. The van der Waals surface area contributed by atoms with Crippen LogP contribution in [-0.4, -0.2) is 145 Å². The molecule has 2 rings (SSSR count). The predicted octanol–water partition coefficient (Wildman–Crippen LogP) is 2.69. The second-order valence-electron chi connectivity index (χ2n) is 14.7. The minimum Gasteiger partial charge on any atom is -0.480 e. The first-order chi connectivity index (χ1) is 25.5. The summed E-state index contributed by atoms with van der Waals surface area (Å²) in [5.41, 5.74) is 0.751. The van der Waals surface area contributed by atoms with E-state index >= 15 is 0 Å². The number of esters is 1. The number of ether oxygens (including phenoxy) is 3. The molecule has 15 nitrogen and oxygen atoms in total. The van der Waals surface area contributed by atoms with Crippen molar-refractivity contribution < 1.29 is 53.2 Å². The Bertz CT molecular complexity index is 1360. The van der Waals surface area contributed by atoms with Crippen LogP contribution in [0.25, 0.3) is 0 Å². The number of carbonyl (C=O) groups excluding carboxylic acids is 4. The molecule has 0 spiro atoms. The summed E-state index contributed by atoms with van der Waals surface area (Å²) in [6.07, 6.45) is 1.35. The molecule has 1 aliphatic rings. The minimum absolute atomic E-state index is 0.00377. The third kappa shape index (κ3) is 14.3. The van der Waals surface area contributed by atoms with Gasteiger partial charge in [0.1, 0.15) is 12.6 Å². The molecule has 1 saturated heterocycles. The van der Waals surface area contributed by atoms with Gasteiger partial charge in [-0.3, -0.25) is 28.9 Å². The number of likely N-dealkylation sites (tertiary alicyclic amines) is 1. The molecule has 1 fully saturated rings. The fourth-order valence-corrected chi connectivity index (χ4v) is 7.14. The van der Waals surface area contributed by atoms with Gasteiger partial charge in [0.2, 0.25) is 17.7 Å². The van der Waals surface area contributed by atoms with Crippen molar-refractivity contribution in [1.29, 1.82) is 0 Å². The molecule has 3 amide bonds. The fourth-order valence-electron chi connectivity index (χ4n) is 7.14. The molecule has 7 atom stereocenters. The molecule has 1 heterocycles. The van der Waals surface area contributed by atoms with E-state index in [4.69, 9.17) is 24.4 Å². The number of hydrogen-bond donors (Lipinski definition) is 3. The van der Waals surface area contributed by atoms with Crippen molar-refractivity contribution in [3.63, 3.8) is 0 Å². The summed E-state index contributed by atoms with van der Waals surface area (Å²) in [5.74, 6) is -4.43. The number of methoxy groups -OCH3 is 2. The predicted molar refractivity (Wildman–Crippen MR) is 200 cm³/mol. The molecule has 0 aromatic heterocycles. The highest BCUT2D eigenvalue weighted by Gasteiger charge is 2.42.